The van der Waals surface area contributed by atoms with Gasteiger partial charge in [0.15, 0.2) is 0 Å². The van der Waals surface area contributed by atoms with Crippen molar-refractivity contribution in [2.45, 2.75) is 57.2 Å². The van der Waals surface area contributed by atoms with Crippen molar-refractivity contribution in [3.63, 3.8) is 0 Å². The number of piperidine rings is 1. The molecule has 0 unspecified atom stereocenters. The Morgan fingerprint density at radius 2 is 1.97 bits per heavy atom. The monoisotopic (exact) mass is 464 g/mol. The third kappa shape index (κ3) is 6.21. The summed E-state index contributed by atoms with van der Waals surface area (Å²) in [6.07, 6.45) is 10.0. The zero-order valence-electron chi connectivity index (χ0n) is 20.1. The molecule has 0 saturated carbocycles. The molecule has 1 aromatic heterocycles. The van der Waals surface area contributed by atoms with E-state index in [0.29, 0.717) is 12.0 Å². The molecule has 2 aromatic rings. The molecular formula is C27H36N4O3. The summed E-state index contributed by atoms with van der Waals surface area (Å²) in [6.45, 7) is 4.48. The van der Waals surface area contributed by atoms with Gasteiger partial charge in [0.05, 0.1) is 18.7 Å². The fraction of sp³-hybridized carbons (Fsp3) is 0.519. The van der Waals surface area contributed by atoms with E-state index in [9.17, 15) is 9.59 Å². The molecule has 2 atom stereocenters. The van der Waals surface area contributed by atoms with E-state index in [2.05, 4.69) is 26.2 Å². The highest BCUT2D eigenvalue weighted by atomic mass is 16.5. The fourth-order valence-corrected chi connectivity index (χ4v) is 5.14. The van der Waals surface area contributed by atoms with Crippen molar-refractivity contribution >= 4 is 11.9 Å². The van der Waals surface area contributed by atoms with E-state index in [-0.39, 0.29) is 24.0 Å². The maximum Gasteiger partial charge on any atom is 0.337 e. The maximum absolute atomic E-state index is 12.8. The van der Waals surface area contributed by atoms with Gasteiger partial charge in [-0.15, -0.1) is 0 Å². The minimum Gasteiger partial charge on any atom is -0.465 e. The van der Waals surface area contributed by atoms with Crippen molar-refractivity contribution < 1.29 is 14.3 Å². The summed E-state index contributed by atoms with van der Waals surface area (Å²) in [7, 11) is 1.39. The number of ether oxygens (including phenoxy) is 1. The third-order valence-corrected chi connectivity index (χ3v) is 7.08. The number of carbonyl (C=O) groups excluding carboxylic acids is 2. The van der Waals surface area contributed by atoms with Crippen LogP contribution in [-0.2, 0) is 16.1 Å². The zero-order chi connectivity index (χ0) is 23.8. The van der Waals surface area contributed by atoms with Crippen LogP contribution in [0.2, 0.25) is 0 Å². The predicted molar refractivity (Wildman–Crippen MR) is 131 cm³/mol. The molecule has 182 valence electrons. The second-order valence-corrected chi connectivity index (χ2v) is 9.29. The van der Waals surface area contributed by atoms with Crippen molar-refractivity contribution in [3.8, 4) is 0 Å². The molecule has 0 bridgehead atoms. The Morgan fingerprint density at radius 1 is 1.18 bits per heavy atom. The zero-order valence-corrected chi connectivity index (χ0v) is 20.1. The van der Waals surface area contributed by atoms with Gasteiger partial charge in [-0.05, 0) is 74.6 Å². The van der Waals surface area contributed by atoms with Gasteiger partial charge in [-0.2, -0.15) is 0 Å². The minimum atomic E-state index is -0.320. The summed E-state index contributed by atoms with van der Waals surface area (Å²) < 4.78 is 4.75. The van der Waals surface area contributed by atoms with Gasteiger partial charge in [-0.3, -0.25) is 14.7 Å². The Hall–Kier alpha value is -2.77. The number of methoxy groups -OCH3 is 1. The summed E-state index contributed by atoms with van der Waals surface area (Å²) in [5.41, 5.74) is 2.88. The second kappa shape index (κ2) is 12.1. The Morgan fingerprint density at radius 3 is 2.68 bits per heavy atom. The molecular weight excluding hydrogens is 428 g/mol. The van der Waals surface area contributed by atoms with Crippen LogP contribution in [0, 0.1) is 0 Å². The first-order chi connectivity index (χ1) is 16.7. The molecule has 2 aliphatic heterocycles. The summed E-state index contributed by atoms with van der Waals surface area (Å²) in [6, 6.07) is 12.1. The number of esters is 1. The van der Waals surface area contributed by atoms with Gasteiger partial charge < -0.3 is 15.0 Å². The Bertz CT molecular complexity index is 929. The van der Waals surface area contributed by atoms with Gasteiger partial charge in [0, 0.05) is 37.9 Å². The van der Waals surface area contributed by atoms with E-state index in [0.717, 1.165) is 51.1 Å². The topological polar surface area (TPSA) is 74.8 Å². The molecule has 2 aliphatic rings. The number of aromatic nitrogens is 1. The Labute approximate surface area is 202 Å². The smallest absolute Gasteiger partial charge is 0.337 e. The molecule has 3 heterocycles. The number of rotatable bonds is 10. The summed E-state index contributed by atoms with van der Waals surface area (Å²) in [5.74, 6) is -0.0473. The van der Waals surface area contributed by atoms with E-state index < -0.39 is 0 Å². The first kappa shape index (κ1) is 24.4. The van der Waals surface area contributed by atoms with Crippen LogP contribution >= 0.6 is 0 Å². The lowest BCUT2D eigenvalue weighted by Gasteiger charge is -2.38. The molecule has 0 spiro atoms. The van der Waals surface area contributed by atoms with Crippen LogP contribution in [0.25, 0.3) is 0 Å². The van der Waals surface area contributed by atoms with E-state index >= 15 is 0 Å². The number of carbonyl (C=O) groups is 2. The number of likely N-dealkylation sites (tertiary alicyclic amines) is 2. The van der Waals surface area contributed by atoms with Crippen molar-refractivity contribution in [3.05, 3.63) is 65.5 Å². The molecule has 1 amide bonds. The van der Waals surface area contributed by atoms with Crippen LogP contribution in [0.3, 0.4) is 0 Å². The molecule has 2 saturated heterocycles. The highest BCUT2D eigenvalue weighted by molar-refractivity contribution is 5.89. The quantitative estimate of drug-likeness (QED) is 0.428. The maximum atomic E-state index is 12.8. The minimum absolute atomic E-state index is 0.208. The van der Waals surface area contributed by atoms with E-state index in [4.69, 9.17) is 4.74 Å². The lowest BCUT2D eigenvalue weighted by molar-refractivity contribution is -0.130. The van der Waals surface area contributed by atoms with Crippen molar-refractivity contribution in [1.29, 1.82) is 0 Å². The van der Waals surface area contributed by atoms with Gasteiger partial charge >= 0.3 is 5.97 Å². The summed E-state index contributed by atoms with van der Waals surface area (Å²) in [5, 5.41) is 3.50. The molecule has 7 heteroatoms. The van der Waals surface area contributed by atoms with E-state index in [1.165, 1.54) is 31.9 Å². The number of amides is 1. The SMILES string of the molecule is COC(=O)c1ccc(CNCC[C@@H]2CCC(=O)N2C[C@H](c2cccnc2)N2CCCCC2)cc1. The number of nitrogens with zero attached hydrogens (tertiary/aromatic N) is 3. The number of benzene rings is 1. The van der Waals surface area contributed by atoms with Gasteiger partial charge in [0.25, 0.3) is 0 Å². The number of nitrogens with one attached hydrogen (secondary N) is 1. The third-order valence-electron chi connectivity index (χ3n) is 7.08. The van der Waals surface area contributed by atoms with Crippen LogP contribution in [0.15, 0.2) is 48.8 Å². The van der Waals surface area contributed by atoms with Crippen LogP contribution in [0.5, 0.6) is 0 Å². The fourth-order valence-electron chi connectivity index (χ4n) is 5.14. The molecule has 4 rings (SSSR count). The highest BCUT2D eigenvalue weighted by Gasteiger charge is 2.34. The van der Waals surface area contributed by atoms with Crippen molar-refractivity contribution in [2.24, 2.45) is 0 Å². The second-order valence-electron chi connectivity index (χ2n) is 9.29. The largest absolute Gasteiger partial charge is 0.465 e. The Kier molecular flexibility index (Phi) is 8.66. The van der Waals surface area contributed by atoms with E-state index in [1.807, 2.05) is 30.6 Å². The summed E-state index contributed by atoms with van der Waals surface area (Å²) in [4.78, 5) is 33.4. The van der Waals surface area contributed by atoms with Crippen molar-refractivity contribution in [2.75, 3.05) is 33.3 Å². The standard InChI is InChI=1S/C27H36N4O3/c1-34-27(33)22-9-7-21(8-10-22)18-29-15-13-24-11-12-26(32)31(24)20-25(23-6-5-14-28-19-23)30-16-3-2-4-17-30/h5-10,14,19,24-25,29H,2-4,11-13,15-18,20H2,1H3/t24-,25+/m0/s1. The van der Waals surface area contributed by atoms with E-state index in [1.54, 1.807) is 12.1 Å². The molecule has 1 N–H and O–H groups in total. The van der Waals surface area contributed by atoms with Crippen LogP contribution in [-0.4, -0.2) is 66.0 Å². The molecule has 1 aromatic carbocycles. The van der Waals surface area contributed by atoms with Crippen LogP contribution in [0.4, 0.5) is 0 Å². The van der Waals surface area contributed by atoms with Crippen molar-refractivity contribution in [1.82, 2.24) is 20.1 Å². The van der Waals surface area contributed by atoms with Crippen LogP contribution in [0.1, 0.15) is 66.1 Å². The number of pyridine rings is 1. The first-order valence-electron chi connectivity index (χ1n) is 12.5. The predicted octanol–water partition coefficient (Wildman–Crippen LogP) is 3.57. The summed E-state index contributed by atoms with van der Waals surface area (Å²) >= 11 is 0. The van der Waals surface area contributed by atoms with Crippen LogP contribution < -0.4 is 5.32 Å². The van der Waals surface area contributed by atoms with Gasteiger partial charge in [0.1, 0.15) is 0 Å². The van der Waals surface area contributed by atoms with Gasteiger partial charge in [-0.25, -0.2) is 4.79 Å². The normalized spacial score (nSPS) is 19.9. The average Bonchev–Trinajstić information content (AvgIpc) is 3.24. The molecule has 0 radical (unpaired) electrons. The lowest BCUT2D eigenvalue weighted by Crippen LogP contribution is -2.44. The molecule has 2 fully saturated rings. The van der Waals surface area contributed by atoms with Gasteiger partial charge in [0.2, 0.25) is 5.91 Å². The highest BCUT2D eigenvalue weighted by Crippen LogP contribution is 2.30. The average molecular weight is 465 g/mol. The number of hydrogen-bond donors (Lipinski definition) is 1. The van der Waals surface area contributed by atoms with Gasteiger partial charge in [-0.1, -0.05) is 24.6 Å². The first-order valence-corrected chi connectivity index (χ1v) is 12.5. The number of hydrogen-bond acceptors (Lipinski definition) is 6. The Balaban J connectivity index is 1.32. The molecule has 7 nitrogen and oxygen atoms in total. The molecule has 0 aliphatic carbocycles. The lowest BCUT2D eigenvalue weighted by atomic mass is 10.0. The molecule has 34 heavy (non-hydrogen) atoms.